The maximum Gasteiger partial charge on any atom is 0.225 e. The predicted octanol–water partition coefficient (Wildman–Crippen LogP) is 5.62. The third-order valence-electron chi connectivity index (χ3n) is 9.83. The van der Waals surface area contributed by atoms with Crippen molar-refractivity contribution in [1.29, 1.82) is 0 Å². The summed E-state index contributed by atoms with van der Waals surface area (Å²) in [6.07, 6.45) is 21.2. The lowest BCUT2D eigenvalue weighted by Crippen LogP contribution is -2.38. The summed E-state index contributed by atoms with van der Waals surface area (Å²) in [7, 11) is 0. The van der Waals surface area contributed by atoms with Gasteiger partial charge in [-0.2, -0.15) is 0 Å². The molecule has 2 amide bonds. The van der Waals surface area contributed by atoms with Crippen LogP contribution in [0.5, 0.6) is 0 Å². The van der Waals surface area contributed by atoms with Gasteiger partial charge in [0, 0.05) is 59.9 Å². The van der Waals surface area contributed by atoms with Crippen molar-refractivity contribution in [3.8, 4) is 0 Å². The molecule has 3 saturated carbocycles. The lowest BCUT2D eigenvalue weighted by atomic mass is 9.84. The number of halogens is 1. The summed E-state index contributed by atoms with van der Waals surface area (Å²) in [6, 6.07) is 1.04. The van der Waals surface area contributed by atoms with Crippen molar-refractivity contribution in [3.63, 3.8) is 0 Å². The molecule has 0 spiro atoms. The van der Waals surface area contributed by atoms with Crippen molar-refractivity contribution >= 4 is 53.2 Å². The molecule has 13 heteroatoms. The lowest BCUT2D eigenvalue weighted by Gasteiger charge is -2.28. The third-order valence-corrected chi connectivity index (χ3v) is 11.7. The third kappa shape index (κ3) is 17.7. The summed E-state index contributed by atoms with van der Waals surface area (Å²) < 4.78 is 0. The number of aliphatic hydroxyl groups is 2. The molecule has 0 atom stereocenters. The lowest BCUT2D eigenvalue weighted by molar-refractivity contribution is -0.122. The van der Waals surface area contributed by atoms with E-state index in [0.717, 1.165) is 109 Å². The number of nitrogens with two attached hydrogens (primary N) is 1. The zero-order valence-corrected chi connectivity index (χ0v) is 31.9. The van der Waals surface area contributed by atoms with Gasteiger partial charge in [0.15, 0.2) is 0 Å². The van der Waals surface area contributed by atoms with Gasteiger partial charge in [-0.1, -0.05) is 0 Å². The maximum atomic E-state index is 11.9. The standard InChI is InChI=1S/C14H22N2O2S.C14H20N2O2S.C8H17NO.ClH/c2*1-10-15-9-13(19-10)8-14(18)16-12-4-2-11(3-5-12)6-7-17;9-8-3-1-7(2-4-8)5-6-10;/h9,11-12,17H,2-8H2,1H3,(H,16,18);7,9,11-12H,2-6,8H2,1H3,(H,16,18);7-8,10H,1-6,9H2;1H. The van der Waals surface area contributed by atoms with Crippen LogP contribution in [-0.4, -0.2) is 69.6 Å². The molecule has 49 heavy (non-hydrogen) atoms. The first kappa shape index (κ1) is 43.2. The number of nitrogens with one attached hydrogen (secondary N) is 2. The van der Waals surface area contributed by atoms with Gasteiger partial charge < -0.3 is 31.4 Å². The molecule has 2 heterocycles. The van der Waals surface area contributed by atoms with Gasteiger partial charge in [0.2, 0.25) is 11.8 Å². The zero-order valence-electron chi connectivity index (χ0n) is 29.4. The molecule has 5 rings (SSSR count). The molecule has 0 saturated heterocycles. The first-order valence-electron chi connectivity index (χ1n) is 18.0. The second-order valence-corrected chi connectivity index (χ2v) is 16.5. The molecular formula is C36H60ClN5O5S2. The molecule has 2 aromatic rings. The minimum absolute atomic E-state index is 0. The van der Waals surface area contributed by atoms with Gasteiger partial charge in [-0.15, -0.1) is 35.1 Å². The number of thiazole rings is 2. The molecule has 0 bridgehead atoms. The smallest absolute Gasteiger partial charge is 0.225 e. The largest absolute Gasteiger partial charge is 0.396 e. The highest BCUT2D eigenvalue weighted by atomic mass is 35.5. The maximum absolute atomic E-state index is 11.9. The summed E-state index contributed by atoms with van der Waals surface area (Å²) in [5.74, 6) is 2.11. The van der Waals surface area contributed by atoms with Crippen molar-refractivity contribution in [2.45, 2.75) is 141 Å². The average Bonchev–Trinajstić information content (AvgIpc) is 3.67. The molecular weight excluding hydrogens is 682 g/mol. The van der Waals surface area contributed by atoms with Crippen LogP contribution >= 0.6 is 35.1 Å². The second kappa shape index (κ2) is 24.3. The van der Waals surface area contributed by atoms with Gasteiger partial charge in [0.05, 0.1) is 22.9 Å². The van der Waals surface area contributed by atoms with Gasteiger partial charge in [0.1, 0.15) is 6.29 Å². The second-order valence-electron chi connectivity index (χ2n) is 13.8. The van der Waals surface area contributed by atoms with E-state index in [9.17, 15) is 14.4 Å². The number of nitrogens with zero attached hydrogens (tertiary/aromatic N) is 2. The summed E-state index contributed by atoms with van der Waals surface area (Å²) in [4.78, 5) is 44.7. The Kier molecular flexibility index (Phi) is 21.4. The predicted molar refractivity (Wildman–Crippen MR) is 200 cm³/mol. The molecule has 6 N–H and O–H groups in total. The molecule has 10 nitrogen and oxygen atoms in total. The molecule has 0 aliphatic heterocycles. The highest BCUT2D eigenvalue weighted by Gasteiger charge is 2.23. The van der Waals surface area contributed by atoms with E-state index in [0.29, 0.717) is 49.8 Å². The van der Waals surface area contributed by atoms with Gasteiger partial charge >= 0.3 is 0 Å². The van der Waals surface area contributed by atoms with E-state index in [2.05, 4.69) is 20.6 Å². The van der Waals surface area contributed by atoms with Crippen molar-refractivity contribution < 1.29 is 24.6 Å². The Hall–Kier alpha value is -1.96. The van der Waals surface area contributed by atoms with Crippen molar-refractivity contribution in [1.82, 2.24) is 20.6 Å². The molecule has 0 unspecified atom stereocenters. The van der Waals surface area contributed by atoms with Gasteiger partial charge in [-0.3, -0.25) is 9.59 Å². The molecule has 3 aliphatic rings. The van der Waals surface area contributed by atoms with E-state index in [1.165, 1.54) is 12.8 Å². The summed E-state index contributed by atoms with van der Waals surface area (Å²) in [5.41, 5.74) is 5.73. The van der Waals surface area contributed by atoms with Crippen molar-refractivity contribution in [2.75, 3.05) is 13.2 Å². The van der Waals surface area contributed by atoms with E-state index in [4.69, 9.17) is 15.9 Å². The van der Waals surface area contributed by atoms with Gasteiger partial charge in [0.25, 0.3) is 0 Å². The Balaban J connectivity index is 0.000000265. The Morgan fingerprint density at radius 3 is 1.47 bits per heavy atom. The number of hydrogen-bond acceptors (Lipinski definition) is 10. The SMILES string of the molecule is Cc1ncc(CC(=O)NC2CCC(CC=O)CC2)s1.Cc1ncc(CC(=O)NC2CCC(CCO)CC2)s1.Cl.NC1CCC(CCO)CC1. The van der Waals surface area contributed by atoms with Crippen LogP contribution in [0.15, 0.2) is 12.4 Å². The Morgan fingerprint density at radius 1 is 0.735 bits per heavy atom. The number of aromatic nitrogens is 2. The van der Waals surface area contributed by atoms with Crippen LogP contribution in [0.2, 0.25) is 0 Å². The van der Waals surface area contributed by atoms with Crippen molar-refractivity contribution in [3.05, 3.63) is 32.2 Å². The molecule has 3 aliphatic carbocycles. The van der Waals surface area contributed by atoms with E-state index in [-0.39, 0.29) is 36.9 Å². The van der Waals surface area contributed by atoms with E-state index in [1.807, 2.05) is 13.8 Å². The first-order chi connectivity index (χ1) is 23.2. The van der Waals surface area contributed by atoms with Crippen LogP contribution in [0.25, 0.3) is 0 Å². The van der Waals surface area contributed by atoms with Crippen LogP contribution in [0.1, 0.15) is 116 Å². The van der Waals surface area contributed by atoms with Crippen LogP contribution in [0.3, 0.4) is 0 Å². The highest BCUT2D eigenvalue weighted by molar-refractivity contribution is 7.11. The first-order valence-corrected chi connectivity index (χ1v) is 19.6. The van der Waals surface area contributed by atoms with Crippen molar-refractivity contribution in [2.24, 2.45) is 23.5 Å². The molecule has 278 valence electrons. The van der Waals surface area contributed by atoms with E-state index >= 15 is 0 Å². The Bertz CT molecular complexity index is 1210. The van der Waals surface area contributed by atoms with Crippen LogP contribution in [-0.2, 0) is 27.2 Å². The quantitative estimate of drug-likeness (QED) is 0.175. The fraction of sp³-hybridized carbons (Fsp3) is 0.750. The topological polar surface area (TPSA) is 168 Å². The molecule has 3 fully saturated rings. The zero-order chi connectivity index (χ0) is 34.7. The number of amides is 2. The normalized spacial score (nSPS) is 24.9. The Labute approximate surface area is 307 Å². The van der Waals surface area contributed by atoms with Gasteiger partial charge in [-0.05, 0) is 121 Å². The number of aldehydes is 1. The highest BCUT2D eigenvalue weighted by Crippen LogP contribution is 2.28. The Morgan fingerprint density at radius 2 is 1.12 bits per heavy atom. The number of carbonyl (C=O) groups excluding carboxylic acids is 3. The fourth-order valence-corrected chi connectivity index (χ4v) is 8.55. The average molecular weight is 742 g/mol. The minimum Gasteiger partial charge on any atom is -0.396 e. The fourth-order valence-electron chi connectivity index (χ4n) is 6.96. The number of aryl methyl sites for hydroxylation is 2. The minimum atomic E-state index is 0. The van der Waals surface area contributed by atoms with Crippen LogP contribution in [0.4, 0.5) is 0 Å². The van der Waals surface area contributed by atoms with Gasteiger partial charge in [-0.25, -0.2) is 9.97 Å². The summed E-state index contributed by atoms with van der Waals surface area (Å²) >= 11 is 3.16. The summed E-state index contributed by atoms with van der Waals surface area (Å²) in [5, 5.41) is 25.8. The molecule has 0 radical (unpaired) electrons. The van der Waals surface area contributed by atoms with Crippen LogP contribution in [0, 0.1) is 31.6 Å². The molecule has 0 aromatic carbocycles. The van der Waals surface area contributed by atoms with E-state index < -0.39 is 0 Å². The number of rotatable bonds is 12. The molecule has 2 aromatic heterocycles. The van der Waals surface area contributed by atoms with E-state index in [1.54, 1.807) is 35.1 Å². The number of hydrogen-bond donors (Lipinski definition) is 5. The van der Waals surface area contributed by atoms with Crippen LogP contribution < -0.4 is 16.4 Å². The summed E-state index contributed by atoms with van der Waals surface area (Å²) in [6.45, 7) is 4.53. The number of carbonyl (C=O) groups is 3. The monoisotopic (exact) mass is 741 g/mol. The number of aliphatic hydroxyl groups excluding tert-OH is 2.